The summed E-state index contributed by atoms with van der Waals surface area (Å²) in [5.41, 5.74) is 0.437. The number of benzene rings is 2. The lowest BCUT2D eigenvalue weighted by atomic mass is 10.2. The van der Waals surface area contributed by atoms with Crippen LogP contribution in [0.1, 0.15) is 10.4 Å². The van der Waals surface area contributed by atoms with Crippen LogP contribution in [0.25, 0.3) is 0 Å². The third-order valence-electron chi connectivity index (χ3n) is 3.34. The molecular weight excluding hydrogens is 429 g/mol. The molecule has 25 heavy (non-hydrogen) atoms. The van der Waals surface area contributed by atoms with Gasteiger partial charge in [0.15, 0.2) is 5.16 Å². The predicted molar refractivity (Wildman–Crippen MR) is 101 cm³/mol. The van der Waals surface area contributed by atoms with Crippen LogP contribution in [0.3, 0.4) is 0 Å². The maximum absolute atomic E-state index is 13.9. The predicted octanol–water partition coefficient (Wildman–Crippen LogP) is 5.38. The molecule has 4 nitrogen and oxygen atoms in total. The summed E-state index contributed by atoms with van der Waals surface area (Å²) in [6.45, 7) is 0. The Balaban J connectivity index is 1.91. The van der Waals surface area contributed by atoms with Gasteiger partial charge in [-0.15, -0.1) is 0 Å². The second kappa shape index (κ2) is 7.59. The molecule has 1 N–H and O–H groups in total. The van der Waals surface area contributed by atoms with Crippen molar-refractivity contribution in [2.45, 2.75) is 10.1 Å². The molecule has 0 aliphatic carbocycles. The number of rotatable bonds is 4. The van der Waals surface area contributed by atoms with Gasteiger partial charge in [0.2, 0.25) is 0 Å². The second-order valence-corrected chi connectivity index (χ2v) is 7.50. The van der Waals surface area contributed by atoms with Crippen LogP contribution in [-0.4, -0.2) is 15.5 Å². The molecule has 0 atom stereocenters. The fraction of sp³-hybridized carbons (Fsp3) is 0.0588. The zero-order chi connectivity index (χ0) is 18.0. The third-order valence-corrected chi connectivity index (χ3v) is 5.22. The highest BCUT2D eigenvalue weighted by Crippen LogP contribution is 2.34. The topological polar surface area (TPSA) is 46.9 Å². The monoisotopic (exact) mass is 439 g/mol. The van der Waals surface area contributed by atoms with E-state index in [-0.39, 0.29) is 5.56 Å². The number of carbonyl (C=O) groups excluding carboxylic acids is 1. The first-order chi connectivity index (χ1) is 11.9. The average molecular weight is 441 g/mol. The molecule has 0 bridgehead atoms. The summed E-state index contributed by atoms with van der Waals surface area (Å²) in [5, 5.41) is 3.95. The Morgan fingerprint density at radius 3 is 2.84 bits per heavy atom. The van der Waals surface area contributed by atoms with Gasteiger partial charge in [-0.05, 0) is 48.2 Å². The molecule has 0 aliphatic rings. The normalized spacial score (nSPS) is 10.7. The van der Waals surface area contributed by atoms with Gasteiger partial charge in [0.05, 0.1) is 11.3 Å². The summed E-state index contributed by atoms with van der Waals surface area (Å²) >= 11 is 10.7. The number of nitrogens with zero attached hydrogens (tertiary/aromatic N) is 2. The van der Waals surface area contributed by atoms with Crippen LogP contribution < -0.4 is 5.32 Å². The van der Waals surface area contributed by atoms with E-state index >= 15 is 0 Å². The molecule has 1 aromatic heterocycles. The van der Waals surface area contributed by atoms with Crippen molar-refractivity contribution in [3.8, 4) is 0 Å². The number of amides is 1. The van der Waals surface area contributed by atoms with Crippen LogP contribution in [0.5, 0.6) is 0 Å². The lowest BCUT2D eigenvalue weighted by molar-refractivity contribution is 0.102. The molecule has 0 aliphatic heterocycles. The maximum Gasteiger partial charge on any atom is 0.258 e. The van der Waals surface area contributed by atoms with Crippen molar-refractivity contribution < 1.29 is 9.18 Å². The van der Waals surface area contributed by atoms with Gasteiger partial charge >= 0.3 is 0 Å². The molecule has 0 unspecified atom stereocenters. The minimum atomic E-state index is -0.596. The number of imidazole rings is 1. The molecule has 2 aromatic carbocycles. The summed E-state index contributed by atoms with van der Waals surface area (Å²) in [7, 11) is 1.88. The summed E-state index contributed by atoms with van der Waals surface area (Å²) in [4.78, 5) is 17.5. The Morgan fingerprint density at radius 1 is 1.32 bits per heavy atom. The van der Waals surface area contributed by atoms with Crippen molar-refractivity contribution in [1.29, 1.82) is 0 Å². The highest BCUT2D eigenvalue weighted by molar-refractivity contribution is 9.10. The highest BCUT2D eigenvalue weighted by Gasteiger charge is 2.16. The second-order valence-electron chi connectivity index (χ2n) is 5.14. The molecular formula is C17H12BrClFN3OS. The number of halogens is 3. The molecule has 0 spiro atoms. The summed E-state index contributed by atoms with van der Waals surface area (Å²) in [6, 6.07) is 9.34. The SMILES string of the molecule is Cn1ccnc1Sc1ccc(Cl)cc1NC(=O)c1cc(Br)ccc1F. The van der Waals surface area contributed by atoms with E-state index in [1.807, 2.05) is 17.8 Å². The smallest absolute Gasteiger partial charge is 0.258 e. The molecule has 3 aromatic rings. The Kier molecular flexibility index (Phi) is 5.46. The minimum Gasteiger partial charge on any atom is -0.329 e. The number of aryl methyl sites for hydroxylation is 1. The van der Waals surface area contributed by atoms with Gasteiger partial charge in [-0.2, -0.15) is 0 Å². The first-order valence-electron chi connectivity index (χ1n) is 7.15. The minimum absolute atomic E-state index is 0.0534. The number of hydrogen-bond donors (Lipinski definition) is 1. The quantitative estimate of drug-likeness (QED) is 0.592. The van der Waals surface area contributed by atoms with E-state index in [2.05, 4.69) is 26.2 Å². The molecule has 1 heterocycles. The number of hydrogen-bond acceptors (Lipinski definition) is 3. The first-order valence-corrected chi connectivity index (χ1v) is 9.14. The van der Waals surface area contributed by atoms with Crippen LogP contribution in [-0.2, 0) is 7.05 Å². The van der Waals surface area contributed by atoms with Crippen molar-refractivity contribution in [2.24, 2.45) is 7.05 Å². The van der Waals surface area contributed by atoms with Gasteiger partial charge in [-0.1, -0.05) is 27.5 Å². The van der Waals surface area contributed by atoms with Gasteiger partial charge < -0.3 is 9.88 Å². The van der Waals surface area contributed by atoms with Crippen LogP contribution in [0.15, 0.2) is 63.3 Å². The fourth-order valence-corrected chi connectivity index (χ4v) is 3.50. The average Bonchev–Trinajstić information content (AvgIpc) is 2.97. The van der Waals surface area contributed by atoms with E-state index < -0.39 is 11.7 Å². The van der Waals surface area contributed by atoms with Crippen LogP contribution in [0.2, 0.25) is 5.02 Å². The van der Waals surface area contributed by atoms with E-state index in [1.165, 1.54) is 30.0 Å². The molecule has 0 fully saturated rings. The van der Waals surface area contributed by atoms with E-state index in [1.54, 1.807) is 24.4 Å². The van der Waals surface area contributed by atoms with Gasteiger partial charge in [0.1, 0.15) is 5.82 Å². The summed E-state index contributed by atoms with van der Waals surface area (Å²) < 4.78 is 16.4. The molecule has 1 amide bonds. The van der Waals surface area contributed by atoms with E-state index in [0.717, 1.165) is 10.1 Å². The van der Waals surface area contributed by atoms with Crippen molar-refractivity contribution in [2.75, 3.05) is 5.32 Å². The zero-order valence-corrected chi connectivity index (χ0v) is 16.1. The third kappa shape index (κ3) is 4.23. The van der Waals surface area contributed by atoms with Gasteiger partial charge in [-0.3, -0.25) is 4.79 Å². The van der Waals surface area contributed by atoms with Crippen molar-refractivity contribution in [3.05, 3.63) is 69.7 Å². The largest absolute Gasteiger partial charge is 0.329 e. The number of anilines is 1. The van der Waals surface area contributed by atoms with Gasteiger partial charge in [0, 0.05) is 33.8 Å². The van der Waals surface area contributed by atoms with E-state index in [0.29, 0.717) is 15.2 Å². The standard InChI is InChI=1S/C17H12BrClFN3OS/c1-23-7-6-21-17(23)25-15-5-3-11(19)9-14(15)22-16(24)12-8-10(18)2-4-13(12)20/h2-9H,1H3,(H,22,24). The maximum atomic E-state index is 13.9. The van der Waals surface area contributed by atoms with Gasteiger partial charge in [0.25, 0.3) is 5.91 Å². The first kappa shape index (κ1) is 18.0. The van der Waals surface area contributed by atoms with E-state index in [9.17, 15) is 9.18 Å². The molecule has 0 radical (unpaired) electrons. The molecule has 8 heteroatoms. The molecule has 0 saturated heterocycles. The Labute approximate surface area is 161 Å². The van der Waals surface area contributed by atoms with Crippen LogP contribution in [0, 0.1) is 5.82 Å². The van der Waals surface area contributed by atoms with Crippen LogP contribution in [0.4, 0.5) is 10.1 Å². The fourth-order valence-electron chi connectivity index (χ4n) is 2.10. The zero-order valence-electron chi connectivity index (χ0n) is 13.0. The van der Waals surface area contributed by atoms with Crippen molar-refractivity contribution in [1.82, 2.24) is 9.55 Å². The summed E-state index contributed by atoms with van der Waals surface area (Å²) in [5.74, 6) is -1.15. The summed E-state index contributed by atoms with van der Waals surface area (Å²) in [6.07, 6.45) is 3.51. The number of carbonyl (C=O) groups is 1. The Morgan fingerprint density at radius 2 is 2.12 bits per heavy atom. The van der Waals surface area contributed by atoms with Crippen molar-refractivity contribution in [3.63, 3.8) is 0 Å². The van der Waals surface area contributed by atoms with E-state index in [4.69, 9.17) is 11.6 Å². The van der Waals surface area contributed by atoms with Crippen molar-refractivity contribution >= 4 is 50.9 Å². The highest BCUT2D eigenvalue weighted by atomic mass is 79.9. The number of nitrogens with one attached hydrogen (secondary N) is 1. The Bertz CT molecular complexity index is 947. The Hall–Kier alpha value is -1.83. The lowest BCUT2D eigenvalue weighted by Gasteiger charge is -2.12. The molecule has 128 valence electrons. The van der Waals surface area contributed by atoms with Crippen LogP contribution >= 0.6 is 39.3 Å². The number of aromatic nitrogens is 2. The van der Waals surface area contributed by atoms with Gasteiger partial charge in [-0.25, -0.2) is 9.37 Å². The molecule has 0 saturated carbocycles. The lowest BCUT2D eigenvalue weighted by Crippen LogP contribution is -2.14. The molecule has 3 rings (SSSR count).